The smallest absolute Gasteiger partial charge is 0.231 e. The Morgan fingerprint density at radius 2 is 1.66 bits per heavy atom. The Labute approximate surface area is 190 Å². The van der Waals surface area contributed by atoms with Crippen molar-refractivity contribution in [2.45, 2.75) is 25.2 Å². The van der Waals surface area contributed by atoms with Crippen LogP contribution in [0.15, 0.2) is 42.5 Å². The van der Waals surface area contributed by atoms with Crippen LogP contribution in [0.4, 0.5) is 4.39 Å². The summed E-state index contributed by atoms with van der Waals surface area (Å²) in [5.74, 6) is 2.44. The van der Waals surface area contributed by atoms with E-state index in [1.807, 2.05) is 18.2 Å². The molecule has 0 N–H and O–H groups in total. The molecule has 0 aliphatic carbocycles. The molecular weight excluding hydrogens is 407 g/mol. The van der Waals surface area contributed by atoms with Gasteiger partial charge in [0.2, 0.25) is 6.79 Å². The third kappa shape index (κ3) is 5.25. The van der Waals surface area contributed by atoms with Crippen LogP contribution < -0.4 is 9.47 Å². The van der Waals surface area contributed by atoms with E-state index in [1.165, 1.54) is 17.5 Å². The van der Waals surface area contributed by atoms with Crippen molar-refractivity contribution in [3.05, 3.63) is 59.4 Å². The van der Waals surface area contributed by atoms with Gasteiger partial charge in [-0.1, -0.05) is 18.2 Å². The number of hydrogen-bond donors (Lipinski definition) is 0. The zero-order chi connectivity index (χ0) is 21.8. The van der Waals surface area contributed by atoms with Crippen molar-refractivity contribution in [1.82, 2.24) is 9.80 Å². The van der Waals surface area contributed by atoms with Crippen LogP contribution in [0.2, 0.25) is 0 Å². The fraction of sp³-hybridized carbons (Fsp3) is 0.538. The Morgan fingerprint density at radius 1 is 0.875 bits per heavy atom. The predicted octanol–water partition coefficient (Wildman–Crippen LogP) is 3.92. The number of ether oxygens (including phenoxy) is 3. The number of rotatable bonds is 7. The lowest BCUT2D eigenvalue weighted by Gasteiger charge is -2.39. The summed E-state index contributed by atoms with van der Waals surface area (Å²) in [6.45, 7) is 8.58. The molecule has 3 heterocycles. The maximum atomic E-state index is 13.5. The summed E-state index contributed by atoms with van der Waals surface area (Å²) in [6.07, 6.45) is 3.29. The summed E-state index contributed by atoms with van der Waals surface area (Å²) in [7, 11) is 0. The molecule has 3 aliphatic rings. The van der Waals surface area contributed by atoms with Gasteiger partial charge in [-0.05, 0) is 86.1 Å². The summed E-state index contributed by atoms with van der Waals surface area (Å²) in [5, 5.41) is 0. The molecule has 2 atom stereocenters. The van der Waals surface area contributed by atoms with E-state index in [4.69, 9.17) is 14.2 Å². The Morgan fingerprint density at radius 3 is 2.50 bits per heavy atom. The molecule has 0 amide bonds. The molecule has 32 heavy (non-hydrogen) atoms. The lowest BCUT2D eigenvalue weighted by molar-refractivity contribution is 0.0351. The molecule has 3 aliphatic heterocycles. The quantitative estimate of drug-likeness (QED) is 0.652. The van der Waals surface area contributed by atoms with E-state index < -0.39 is 0 Å². The molecular formula is C26H33FN2O3. The molecule has 5 nitrogen and oxygen atoms in total. The summed E-state index contributed by atoms with van der Waals surface area (Å²) >= 11 is 0. The van der Waals surface area contributed by atoms with E-state index in [0.717, 1.165) is 76.8 Å². The predicted molar refractivity (Wildman–Crippen MR) is 122 cm³/mol. The monoisotopic (exact) mass is 440 g/mol. The van der Waals surface area contributed by atoms with Crippen LogP contribution in [0.5, 0.6) is 11.5 Å². The molecule has 2 saturated heterocycles. The highest BCUT2D eigenvalue weighted by Gasteiger charge is 2.31. The third-order valence-corrected chi connectivity index (χ3v) is 7.10. The van der Waals surface area contributed by atoms with Crippen LogP contribution in [-0.2, 0) is 11.2 Å². The first kappa shape index (κ1) is 21.7. The molecule has 0 spiro atoms. The molecule has 0 bridgehead atoms. The van der Waals surface area contributed by atoms with E-state index in [-0.39, 0.29) is 5.82 Å². The highest BCUT2D eigenvalue weighted by atomic mass is 19.1. The second-order valence-electron chi connectivity index (χ2n) is 9.21. The SMILES string of the molecule is Fc1ccc([C@@H]2CCN(CCCN3CCOCC3)C[C@H]2Cc2ccc3c(c2)OCO3)cc1. The van der Waals surface area contributed by atoms with Gasteiger partial charge >= 0.3 is 0 Å². The summed E-state index contributed by atoms with van der Waals surface area (Å²) in [4.78, 5) is 5.14. The minimum absolute atomic E-state index is 0.165. The summed E-state index contributed by atoms with van der Waals surface area (Å²) in [6, 6.07) is 13.5. The van der Waals surface area contributed by atoms with Crippen LogP contribution in [0, 0.1) is 11.7 Å². The number of likely N-dealkylation sites (tertiary alicyclic amines) is 1. The van der Waals surface area contributed by atoms with Crippen molar-refractivity contribution in [1.29, 1.82) is 0 Å². The lowest BCUT2D eigenvalue weighted by atomic mass is 9.77. The molecule has 2 fully saturated rings. The van der Waals surface area contributed by atoms with E-state index in [1.54, 1.807) is 12.1 Å². The number of hydrogen-bond acceptors (Lipinski definition) is 5. The van der Waals surface area contributed by atoms with Gasteiger partial charge in [-0.25, -0.2) is 4.39 Å². The Kier molecular flexibility index (Phi) is 6.91. The van der Waals surface area contributed by atoms with Gasteiger partial charge in [0, 0.05) is 19.6 Å². The van der Waals surface area contributed by atoms with Crippen molar-refractivity contribution in [3.8, 4) is 11.5 Å². The van der Waals surface area contributed by atoms with Crippen molar-refractivity contribution < 1.29 is 18.6 Å². The van der Waals surface area contributed by atoms with Gasteiger partial charge in [-0.15, -0.1) is 0 Å². The molecule has 0 radical (unpaired) electrons. The fourth-order valence-corrected chi connectivity index (χ4v) is 5.38. The molecule has 2 aromatic rings. The summed E-state index contributed by atoms with van der Waals surface area (Å²) < 4.78 is 30.1. The maximum absolute atomic E-state index is 13.5. The van der Waals surface area contributed by atoms with Gasteiger partial charge in [0.1, 0.15) is 5.82 Å². The van der Waals surface area contributed by atoms with Crippen molar-refractivity contribution in [2.24, 2.45) is 5.92 Å². The van der Waals surface area contributed by atoms with Crippen LogP contribution in [0.25, 0.3) is 0 Å². The molecule has 172 valence electrons. The highest BCUT2D eigenvalue weighted by Crippen LogP contribution is 2.38. The first-order valence-electron chi connectivity index (χ1n) is 11.9. The molecule has 0 aromatic heterocycles. The average molecular weight is 441 g/mol. The van der Waals surface area contributed by atoms with E-state index in [2.05, 4.69) is 21.9 Å². The molecule has 2 aromatic carbocycles. The van der Waals surface area contributed by atoms with E-state index >= 15 is 0 Å². The van der Waals surface area contributed by atoms with Gasteiger partial charge < -0.3 is 19.1 Å². The fourth-order valence-electron chi connectivity index (χ4n) is 5.38. The van der Waals surface area contributed by atoms with Gasteiger partial charge in [0.05, 0.1) is 13.2 Å². The zero-order valence-electron chi connectivity index (χ0n) is 18.7. The topological polar surface area (TPSA) is 34.2 Å². The number of nitrogens with zero attached hydrogens (tertiary/aromatic N) is 2. The van der Waals surface area contributed by atoms with Gasteiger partial charge in [0.15, 0.2) is 11.5 Å². The summed E-state index contributed by atoms with van der Waals surface area (Å²) in [5.41, 5.74) is 2.53. The molecule has 5 rings (SSSR count). The van der Waals surface area contributed by atoms with Crippen LogP contribution in [0.3, 0.4) is 0 Å². The molecule has 6 heteroatoms. The number of halogens is 1. The van der Waals surface area contributed by atoms with Crippen molar-refractivity contribution in [3.63, 3.8) is 0 Å². The Balaban J connectivity index is 1.25. The van der Waals surface area contributed by atoms with Gasteiger partial charge in [-0.3, -0.25) is 4.90 Å². The van der Waals surface area contributed by atoms with E-state index in [0.29, 0.717) is 18.6 Å². The van der Waals surface area contributed by atoms with Crippen molar-refractivity contribution in [2.75, 3.05) is 59.3 Å². The first-order valence-corrected chi connectivity index (χ1v) is 11.9. The third-order valence-electron chi connectivity index (χ3n) is 7.10. The lowest BCUT2D eigenvalue weighted by Crippen LogP contribution is -2.42. The second-order valence-corrected chi connectivity index (χ2v) is 9.21. The van der Waals surface area contributed by atoms with E-state index in [9.17, 15) is 4.39 Å². The highest BCUT2D eigenvalue weighted by molar-refractivity contribution is 5.44. The minimum atomic E-state index is -0.165. The first-order chi connectivity index (χ1) is 15.7. The van der Waals surface area contributed by atoms with Crippen molar-refractivity contribution >= 4 is 0 Å². The average Bonchev–Trinajstić information content (AvgIpc) is 3.29. The normalized spacial score (nSPS) is 24.0. The number of benzene rings is 2. The Bertz CT molecular complexity index is 885. The van der Waals surface area contributed by atoms with Gasteiger partial charge in [-0.2, -0.15) is 0 Å². The standard InChI is InChI=1S/C26H33FN2O3/c27-23-5-3-21(4-6-23)24-8-11-29(10-1-9-28-12-14-30-15-13-28)18-22(24)16-20-2-7-25-26(17-20)32-19-31-25/h2-7,17,22,24H,1,8-16,18-19H2/t22-,24+/m1/s1. The van der Waals surface area contributed by atoms with Gasteiger partial charge in [0.25, 0.3) is 0 Å². The Hall–Kier alpha value is -2.15. The largest absolute Gasteiger partial charge is 0.454 e. The molecule has 0 saturated carbocycles. The number of piperidine rings is 1. The maximum Gasteiger partial charge on any atom is 0.231 e. The second kappa shape index (κ2) is 10.2. The minimum Gasteiger partial charge on any atom is -0.454 e. The van der Waals surface area contributed by atoms with Crippen LogP contribution in [-0.4, -0.2) is 69.1 Å². The molecule has 0 unspecified atom stereocenters. The number of morpholine rings is 1. The zero-order valence-corrected chi connectivity index (χ0v) is 18.7. The van der Waals surface area contributed by atoms with Crippen LogP contribution >= 0.6 is 0 Å². The van der Waals surface area contributed by atoms with Crippen LogP contribution in [0.1, 0.15) is 29.9 Å². The number of fused-ring (bicyclic) bond motifs is 1.